The number of unbranched alkanes of at least 4 members (excludes halogenated alkanes) is 9. The molecule has 0 heterocycles. The summed E-state index contributed by atoms with van der Waals surface area (Å²) in [5, 5.41) is 2.44. The first kappa shape index (κ1) is 32.0. The lowest BCUT2D eigenvalue weighted by atomic mass is 10.0. The molecule has 0 atom stereocenters. The van der Waals surface area contributed by atoms with E-state index in [0.29, 0.717) is 19.0 Å². The molecule has 0 spiro atoms. The molecule has 0 fully saturated rings. The molecule has 6 nitrogen and oxygen atoms in total. The molecule has 3 rings (SSSR count). The Balaban J connectivity index is 1.60. The Kier molecular flexibility index (Phi) is 14.0. The van der Waals surface area contributed by atoms with Crippen molar-refractivity contribution in [2.75, 3.05) is 27.4 Å². The van der Waals surface area contributed by atoms with E-state index in [9.17, 15) is 9.59 Å². The number of hydrogen-bond acceptors (Lipinski definition) is 6. The van der Waals surface area contributed by atoms with Gasteiger partial charge in [0.25, 0.3) is 0 Å². The van der Waals surface area contributed by atoms with E-state index in [1.165, 1.54) is 81.6 Å². The Morgan fingerprint density at radius 2 is 1.27 bits per heavy atom. The normalized spacial score (nSPS) is 10.9. The third kappa shape index (κ3) is 10.1. The lowest BCUT2D eigenvalue weighted by Gasteiger charge is -2.18. The van der Waals surface area contributed by atoms with Gasteiger partial charge in [0.1, 0.15) is 5.56 Å². The molecule has 0 aliphatic heterocycles. The minimum Gasteiger partial charge on any atom is -0.490 e. The van der Waals surface area contributed by atoms with Gasteiger partial charge < -0.3 is 18.9 Å². The molecule has 0 radical (unpaired) electrons. The van der Waals surface area contributed by atoms with E-state index in [1.54, 1.807) is 6.07 Å². The SMILES string of the molecule is CCCCCCCCCCCCOc1c(OCCCc2ccc3ccccc3c2)ccc(C(=O)OC)c1C(=O)OC. The maximum Gasteiger partial charge on any atom is 0.342 e. The molecule has 0 bridgehead atoms. The Bertz CT molecular complexity index is 1230. The van der Waals surface area contributed by atoms with Crippen LogP contribution in [0.15, 0.2) is 54.6 Å². The second kappa shape index (κ2) is 18.0. The zero-order chi connectivity index (χ0) is 29.3. The molecule has 41 heavy (non-hydrogen) atoms. The molecule has 3 aromatic carbocycles. The molecule has 222 valence electrons. The van der Waals surface area contributed by atoms with Gasteiger partial charge in [-0.2, -0.15) is 0 Å². The standard InChI is InChI=1S/C35H46O6/c1-4-5-6-7-8-9-10-11-12-15-24-41-33-31(23-22-30(34(36)38-2)32(33)35(37)39-3)40-25-16-17-27-20-21-28-18-13-14-19-29(28)26-27/h13-14,18-23,26H,4-12,15-17,24-25H2,1-3H3. The van der Waals surface area contributed by atoms with Crippen LogP contribution >= 0.6 is 0 Å². The summed E-state index contributed by atoms with van der Waals surface area (Å²) in [5.41, 5.74) is 1.38. The Morgan fingerprint density at radius 1 is 0.634 bits per heavy atom. The monoisotopic (exact) mass is 562 g/mol. The number of methoxy groups -OCH3 is 2. The van der Waals surface area contributed by atoms with E-state index in [1.807, 2.05) is 12.1 Å². The molecular formula is C35H46O6. The topological polar surface area (TPSA) is 71.1 Å². The highest BCUT2D eigenvalue weighted by atomic mass is 16.5. The highest BCUT2D eigenvalue weighted by molar-refractivity contribution is 6.05. The van der Waals surface area contributed by atoms with Crippen molar-refractivity contribution in [2.45, 2.75) is 84.0 Å². The number of carbonyl (C=O) groups excluding carboxylic acids is 2. The summed E-state index contributed by atoms with van der Waals surface area (Å²) in [5.74, 6) is -0.632. The van der Waals surface area contributed by atoms with Gasteiger partial charge >= 0.3 is 11.9 Å². The van der Waals surface area contributed by atoms with Gasteiger partial charge in [-0.1, -0.05) is 107 Å². The van der Waals surface area contributed by atoms with Crippen molar-refractivity contribution in [3.63, 3.8) is 0 Å². The number of aryl methyl sites for hydroxylation is 1. The number of carbonyl (C=O) groups is 2. The fourth-order valence-electron chi connectivity index (χ4n) is 5.02. The predicted molar refractivity (Wildman–Crippen MR) is 164 cm³/mol. The second-order valence-corrected chi connectivity index (χ2v) is 10.5. The lowest BCUT2D eigenvalue weighted by Crippen LogP contribution is -2.15. The van der Waals surface area contributed by atoms with Gasteiger partial charge in [-0.15, -0.1) is 0 Å². The fraction of sp³-hybridized carbons (Fsp3) is 0.486. The van der Waals surface area contributed by atoms with Gasteiger partial charge in [-0.3, -0.25) is 0 Å². The van der Waals surface area contributed by atoms with Crippen molar-refractivity contribution in [2.24, 2.45) is 0 Å². The minimum absolute atomic E-state index is 0.0402. The lowest BCUT2D eigenvalue weighted by molar-refractivity contribution is 0.0550. The summed E-state index contributed by atoms with van der Waals surface area (Å²) in [6, 6.07) is 18.0. The molecule has 6 heteroatoms. The average Bonchev–Trinajstić information content (AvgIpc) is 3.01. The Labute approximate surface area is 245 Å². The minimum atomic E-state index is -0.662. The van der Waals surface area contributed by atoms with Crippen LogP contribution in [0.3, 0.4) is 0 Å². The predicted octanol–water partition coefficient (Wildman–Crippen LogP) is 8.72. The average molecular weight is 563 g/mol. The van der Waals surface area contributed by atoms with E-state index in [0.717, 1.165) is 32.1 Å². The molecule has 0 amide bonds. The Morgan fingerprint density at radius 3 is 1.95 bits per heavy atom. The van der Waals surface area contributed by atoms with Crippen LogP contribution in [-0.2, 0) is 15.9 Å². The van der Waals surface area contributed by atoms with E-state index in [2.05, 4.69) is 37.3 Å². The molecule has 0 aromatic heterocycles. The first-order valence-corrected chi connectivity index (χ1v) is 15.2. The summed E-state index contributed by atoms with van der Waals surface area (Å²) in [7, 11) is 2.57. The van der Waals surface area contributed by atoms with Crippen molar-refractivity contribution in [3.05, 3.63) is 71.3 Å². The maximum atomic E-state index is 12.8. The first-order valence-electron chi connectivity index (χ1n) is 15.2. The molecule has 0 N–H and O–H groups in total. The van der Waals surface area contributed by atoms with Crippen LogP contribution in [0.1, 0.15) is 104 Å². The van der Waals surface area contributed by atoms with Crippen molar-refractivity contribution in [3.8, 4) is 11.5 Å². The molecule has 0 saturated heterocycles. The van der Waals surface area contributed by atoms with Gasteiger partial charge in [0.2, 0.25) is 0 Å². The molecule has 0 saturated carbocycles. The molecule has 0 aliphatic carbocycles. The van der Waals surface area contributed by atoms with Crippen LogP contribution < -0.4 is 9.47 Å². The summed E-state index contributed by atoms with van der Waals surface area (Å²) >= 11 is 0. The van der Waals surface area contributed by atoms with Crippen LogP contribution in [0.2, 0.25) is 0 Å². The quantitative estimate of drug-likeness (QED) is 0.107. The number of hydrogen-bond donors (Lipinski definition) is 0. The summed E-state index contributed by atoms with van der Waals surface area (Å²) in [6.45, 7) is 3.09. The largest absolute Gasteiger partial charge is 0.490 e. The van der Waals surface area contributed by atoms with Crippen LogP contribution in [-0.4, -0.2) is 39.4 Å². The van der Waals surface area contributed by atoms with Crippen molar-refractivity contribution in [1.82, 2.24) is 0 Å². The maximum absolute atomic E-state index is 12.8. The van der Waals surface area contributed by atoms with Crippen molar-refractivity contribution < 1.29 is 28.5 Å². The van der Waals surface area contributed by atoms with Gasteiger partial charge in [0, 0.05) is 0 Å². The van der Waals surface area contributed by atoms with Crippen LogP contribution in [0.5, 0.6) is 11.5 Å². The summed E-state index contributed by atoms with van der Waals surface area (Å²) in [6.07, 6.45) is 13.8. The van der Waals surface area contributed by atoms with Crippen LogP contribution in [0, 0.1) is 0 Å². The highest BCUT2D eigenvalue weighted by Crippen LogP contribution is 2.35. The number of ether oxygens (including phenoxy) is 4. The number of fused-ring (bicyclic) bond motifs is 1. The zero-order valence-electron chi connectivity index (χ0n) is 25.0. The summed E-state index contributed by atoms with van der Waals surface area (Å²) in [4.78, 5) is 25.2. The van der Waals surface area contributed by atoms with Gasteiger partial charge in [-0.25, -0.2) is 9.59 Å². The first-order chi connectivity index (χ1) is 20.1. The van der Waals surface area contributed by atoms with E-state index < -0.39 is 11.9 Å². The molecular weight excluding hydrogens is 516 g/mol. The molecule has 0 aliphatic rings. The number of benzene rings is 3. The van der Waals surface area contributed by atoms with Crippen LogP contribution in [0.25, 0.3) is 10.8 Å². The van der Waals surface area contributed by atoms with Gasteiger partial charge in [0.15, 0.2) is 11.5 Å². The van der Waals surface area contributed by atoms with Crippen molar-refractivity contribution in [1.29, 1.82) is 0 Å². The van der Waals surface area contributed by atoms with E-state index in [4.69, 9.17) is 18.9 Å². The third-order valence-electron chi connectivity index (χ3n) is 7.34. The molecule has 0 unspecified atom stereocenters. The van der Waals surface area contributed by atoms with Gasteiger partial charge in [-0.05, 0) is 47.7 Å². The fourth-order valence-corrected chi connectivity index (χ4v) is 5.02. The zero-order valence-corrected chi connectivity index (χ0v) is 25.0. The summed E-state index contributed by atoms with van der Waals surface area (Å²) < 4.78 is 22.2. The van der Waals surface area contributed by atoms with E-state index in [-0.39, 0.29) is 16.9 Å². The Hall–Kier alpha value is -3.54. The van der Waals surface area contributed by atoms with Crippen molar-refractivity contribution >= 4 is 22.7 Å². The smallest absolute Gasteiger partial charge is 0.342 e. The van der Waals surface area contributed by atoms with Crippen LogP contribution in [0.4, 0.5) is 0 Å². The number of rotatable bonds is 19. The molecule has 3 aromatic rings. The highest BCUT2D eigenvalue weighted by Gasteiger charge is 2.27. The third-order valence-corrected chi connectivity index (χ3v) is 7.34. The van der Waals surface area contributed by atoms with Gasteiger partial charge in [0.05, 0.1) is 33.0 Å². The second-order valence-electron chi connectivity index (χ2n) is 10.5. The van der Waals surface area contributed by atoms with E-state index >= 15 is 0 Å². The number of esters is 2.